The third-order valence-corrected chi connectivity index (χ3v) is 7.71. The fraction of sp³-hybridized carbons (Fsp3) is 0.452. The van der Waals surface area contributed by atoms with Crippen LogP contribution in [0.25, 0.3) is 0 Å². The Balaban J connectivity index is 1.55. The maximum absolute atomic E-state index is 13.2. The predicted octanol–water partition coefficient (Wildman–Crippen LogP) is 7.50. The Morgan fingerprint density at radius 2 is 1.53 bits per heavy atom. The molecule has 1 heterocycles. The van der Waals surface area contributed by atoms with Crippen LogP contribution in [0.3, 0.4) is 0 Å². The highest BCUT2D eigenvalue weighted by Gasteiger charge is 2.37. The van der Waals surface area contributed by atoms with Crippen LogP contribution in [-0.2, 0) is 23.8 Å². The highest BCUT2D eigenvalue weighted by atomic mass is 16.4. The lowest BCUT2D eigenvalue weighted by Gasteiger charge is -2.42. The second-order valence-electron chi connectivity index (χ2n) is 11.3. The first kappa shape index (κ1) is 24.3. The number of nitrogens with zero attached hydrogens (tertiary/aromatic N) is 1. The summed E-state index contributed by atoms with van der Waals surface area (Å²) < 4.78 is 6.09. The number of hydrogen-bond acceptors (Lipinski definition) is 2. The van der Waals surface area contributed by atoms with Crippen LogP contribution in [0.15, 0.2) is 52.9 Å². The van der Waals surface area contributed by atoms with E-state index < -0.39 is 0 Å². The zero-order valence-electron chi connectivity index (χ0n) is 21.9. The summed E-state index contributed by atoms with van der Waals surface area (Å²) in [6.45, 7) is 16.9. The van der Waals surface area contributed by atoms with E-state index in [9.17, 15) is 4.79 Å². The van der Waals surface area contributed by atoms with E-state index in [0.717, 1.165) is 11.3 Å². The Labute approximate surface area is 205 Å². The van der Waals surface area contributed by atoms with Gasteiger partial charge in [0.25, 0.3) is 5.91 Å². The molecule has 0 saturated heterocycles. The molecule has 0 fully saturated rings. The minimum Gasteiger partial charge on any atom is -0.456 e. The molecule has 0 atom stereocenters. The van der Waals surface area contributed by atoms with Crippen LogP contribution >= 0.6 is 0 Å². The molecule has 34 heavy (non-hydrogen) atoms. The second-order valence-corrected chi connectivity index (χ2v) is 11.3. The normalized spacial score (nSPS) is 16.2. The van der Waals surface area contributed by atoms with Gasteiger partial charge in [0.05, 0.1) is 0 Å². The third kappa shape index (κ3) is 4.85. The average molecular weight is 458 g/mol. The van der Waals surface area contributed by atoms with Gasteiger partial charge in [0.1, 0.15) is 5.76 Å². The number of furan rings is 1. The SMILES string of the molecule is CCN(Cc1ccc(C)cc1)C(=O)c1ccc(Cc2cc3c(cc2C)C(C)(C)CCC3(C)C)o1. The molecule has 0 aliphatic heterocycles. The Hall–Kier alpha value is -2.81. The first-order chi connectivity index (χ1) is 16.0. The van der Waals surface area contributed by atoms with E-state index in [2.05, 4.69) is 77.9 Å². The largest absolute Gasteiger partial charge is 0.456 e. The number of aryl methyl sites for hydroxylation is 2. The van der Waals surface area contributed by atoms with Crippen molar-refractivity contribution in [2.75, 3.05) is 6.54 Å². The Morgan fingerprint density at radius 1 is 0.912 bits per heavy atom. The van der Waals surface area contributed by atoms with Crippen molar-refractivity contribution < 1.29 is 9.21 Å². The molecule has 4 rings (SSSR count). The number of rotatable bonds is 6. The van der Waals surface area contributed by atoms with Crippen LogP contribution in [-0.4, -0.2) is 17.4 Å². The Morgan fingerprint density at radius 3 is 2.15 bits per heavy atom. The monoisotopic (exact) mass is 457 g/mol. The van der Waals surface area contributed by atoms with E-state index in [1.54, 1.807) is 0 Å². The van der Waals surface area contributed by atoms with Gasteiger partial charge in [-0.15, -0.1) is 0 Å². The van der Waals surface area contributed by atoms with Crippen LogP contribution in [0, 0.1) is 13.8 Å². The van der Waals surface area contributed by atoms with Crippen molar-refractivity contribution in [2.24, 2.45) is 0 Å². The summed E-state index contributed by atoms with van der Waals surface area (Å²) in [5, 5.41) is 0. The summed E-state index contributed by atoms with van der Waals surface area (Å²) in [7, 11) is 0. The molecule has 0 bridgehead atoms. The summed E-state index contributed by atoms with van der Waals surface area (Å²) in [4.78, 5) is 15.0. The smallest absolute Gasteiger partial charge is 0.289 e. The van der Waals surface area contributed by atoms with Crippen LogP contribution in [0.2, 0.25) is 0 Å². The zero-order valence-corrected chi connectivity index (χ0v) is 21.9. The first-order valence-corrected chi connectivity index (χ1v) is 12.6. The molecule has 0 radical (unpaired) electrons. The van der Waals surface area contributed by atoms with Crippen LogP contribution in [0.1, 0.15) is 97.2 Å². The van der Waals surface area contributed by atoms with E-state index in [-0.39, 0.29) is 16.7 Å². The van der Waals surface area contributed by atoms with Crippen molar-refractivity contribution >= 4 is 5.91 Å². The Kier molecular flexibility index (Phi) is 6.50. The molecule has 180 valence electrons. The van der Waals surface area contributed by atoms with Crippen LogP contribution in [0.4, 0.5) is 0 Å². The van der Waals surface area contributed by atoms with Gasteiger partial charge in [-0.25, -0.2) is 0 Å². The van der Waals surface area contributed by atoms with Gasteiger partial charge in [-0.3, -0.25) is 4.79 Å². The maximum atomic E-state index is 13.2. The molecule has 0 saturated carbocycles. The third-order valence-electron chi connectivity index (χ3n) is 7.71. The second kappa shape index (κ2) is 9.09. The molecule has 1 aliphatic rings. The topological polar surface area (TPSA) is 33.5 Å². The average Bonchev–Trinajstić information content (AvgIpc) is 3.26. The summed E-state index contributed by atoms with van der Waals surface area (Å²) in [5.74, 6) is 1.20. The molecule has 3 heteroatoms. The maximum Gasteiger partial charge on any atom is 0.289 e. The summed E-state index contributed by atoms with van der Waals surface area (Å²) >= 11 is 0. The number of benzene rings is 2. The van der Waals surface area contributed by atoms with Gasteiger partial charge in [-0.1, -0.05) is 69.7 Å². The van der Waals surface area contributed by atoms with Crippen LogP contribution in [0.5, 0.6) is 0 Å². The highest BCUT2D eigenvalue weighted by Crippen LogP contribution is 2.46. The van der Waals surface area contributed by atoms with Gasteiger partial charge >= 0.3 is 0 Å². The van der Waals surface area contributed by atoms with E-state index >= 15 is 0 Å². The first-order valence-electron chi connectivity index (χ1n) is 12.6. The van der Waals surface area contributed by atoms with Gasteiger partial charge in [-0.2, -0.15) is 0 Å². The summed E-state index contributed by atoms with van der Waals surface area (Å²) in [6.07, 6.45) is 3.11. The van der Waals surface area contributed by atoms with Gasteiger partial charge in [-0.05, 0) is 84.4 Å². The summed E-state index contributed by atoms with van der Waals surface area (Å²) in [5.41, 5.74) is 8.25. The molecule has 1 aliphatic carbocycles. The van der Waals surface area contributed by atoms with Crippen molar-refractivity contribution in [3.8, 4) is 0 Å². The molecule has 3 nitrogen and oxygen atoms in total. The molecule has 1 aromatic heterocycles. The number of hydrogen-bond donors (Lipinski definition) is 0. The molecule has 1 amide bonds. The molecule has 0 spiro atoms. The van der Waals surface area contributed by atoms with Crippen molar-refractivity contribution in [2.45, 2.75) is 85.1 Å². The van der Waals surface area contributed by atoms with Gasteiger partial charge in [0.15, 0.2) is 5.76 Å². The number of amides is 1. The fourth-order valence-electron chi connectivity index (χ4n) is 5.13. The van der Waals surface area contributed by atoms with Crippen molar-refractivity contribution in [1.29, 1.82) is 0 Å². The van der Waals surface area contributed by atoms with E-state index in [0.29, 0.717) is 25.3 Å². The molecule has 3 aromatic rings. The summed E-state index contributed by atoms with van der Waals surface area (Å²) in [6, 6.07) is 16.9. The Bertz CT molecular complexity index is 1180. The van der Waals surface area contributed by atoms with Crippen molar-refractivity contribution in [3.05, 3.63) is 93.4 Å². The number of fused-ring (bicyclic) bond motifs is 1. The number of carbonyl (C=O) groups excluding carboxylic acids is 1. The molecular formula is C31H39NO2. The van der Waals surface area contributed by atoms with Crippen molar-refractivity contribution in [1.82, 2.24) is 4.90 Å². The minimum absolute atomic E-state index is 0.0561. The van der Waals surface area contributed by atoms with Gasteiger partial charge < -0.3 is 9.32 Å². The standard InChI is InChI=1S/C31H39NO2/c1-8-32(20-23-11-9-21(2)10-12-23)29(33)28-14-13-25(34-28)18-24-19-27-26(17-22(24)3)30(4,5)15-16-31(27,6)7/h9-14,17,19H,8,15-16,18,20H2,1-7H3. The van der Waals surface area contributed by atoms with Crippen LogP contribution < -0.4 is 0 Å². The van der Waals surface area contributed by atoms with E-state index in [4.69, 9.17) is 4.42 Å². The lowest BCUT2D eigenvalue weighted by Crippen LogP contribution is -2.34. The van der Waals surface area contributed by atoms with Gasteiger partial charge in [0, 0.05) is 19.5 Å². The van der Waals surface area contributed by atoms with Gasteiger partial charge in [0.2, 0.25) is 0 Å². The van der Waals surface area contributed by atoms with E-state index in [1.807, 2.05) is 24.0 Å². The molecule has 0 unspecified atom stereocenters. The quantitative estimate of drug-likeness (QED) is 0.384. The lowest BCUT2D eigenvalue weighted by atomic mass is 9.62. The lowest BCUT2D eigenvalue weighted by molar-refractivity contribution is 0.0718. The molecule has 2 aromatic carbocycles. The van der Waals surface area contributed by atoms with E-state index in [1.165, 1.54) is 40.7 Å². The minimum atomic E-state index is -0.0561. The predicted molar refractivity (Wildman–Crippen MR) is 140 cm³/mol. The molecule has 0 N–H and O–H groups in total. The fourth-order valence-corrected chi connectivity index (χ4v) is 5.13. The van der Waals surface area contributed by atoms with Crippen molar-refractivity contribution in [3.63, 3.8) is 0 Å². The highest BCUT2D eigenvalue weighted by molar-refractivity contribution is 5.91. The molecular weight excluding hydrogens is 418 g/mol. The number of carbonyl (C=O) groups is 1. The zero-order chi connectivity index (χ0) is 24.7.